The number of pyridine rings is 1. The van der Waals surface area contributed by atoms with E-state index >= 15 is 0 Å². The molecule has 1 unspecified atom stereocenters. The van der Waals surface area contributed by atoms with E-state index in [2.05, 4.69) is 17.2 Å². The van der Waals surface area contributed by atoms with Gasteiger partial charge in [-0.05, 0) is 25.5 Å². The minimum absolute atomic E-state index is 0.0907. The number of hydrogen-bond donors (Lipinski definition) is 1. The largest absolute Gasteiger partial charge is 0.367 e. The van der Waals surface area contributed by atoms with Crippen molar-refractivity contribution in [1.29, 1.82) is 0 Å². The molecule has 1 saturated heterocycles. The zero-order chi connectivity index (χ0) is 13.2. The van der Waals surface area contributed by atoms with Crippen LogP contribution in [-0.4, -0.2) is 27.0 Å². The highest BCUT2D eigenvalue weighted by Gasteiger charge is 2.29. The van der Waals surface area contributed by atoms with E-state index in [4.69, 9.17) is 11.6 Å². The highest BCUT2D eigenvalue weighted by Crippen LogP contribution is 2.38. The molecule has 5 nitrogen and oxygen atoms in total. The van der Waals surface area contributed by atoms with Crippen molar-refractivity contribution in [3.63, 3.8) is 0 Å². The van der Waals surface area contributed by atoms with Crippen LogP contribution in [0.2, 0.25) is 5.02 Å². The van der Waals surface area contributed by atoms with Crippen LogP contribution in [-0.2, 0) is 0 Å². The maximum absolute atomic E-state index is 10.6. The van der Waals surface area contributed by atoms with E-state index in [0.717, 1.165) is 13.0 Å². The summed E-state index contributed by atoms with van der Waals surface area (Å²) in [5.74, 6) is 1.69. The summed E-state index contributed by atoms with van der Waals surface area (Å²) in [7, 11) is 0. The lowest BCUT2D eigenvalue weighted by atomic mass is 10.1. The summed E-state index contributed by atoms with van der Waals surface area (Å²) < 4.78 is 0.201. The predicted octanol–water partition coefficient (Wildman–Crippen LogP) is 3.34. The molecule has 0 saturated carbocycles. The van der Waals surface area contributed by atoms with Gasteiger partial charge in [0, 0.05) is 17.4 Å². The van der Waals surface area contributed by atoms with Gasteiger partial charge in [-0.2, -0.15) is 11.8 Å². The van der Waals surface area contributed by atoms with Gasteiger partial charge in [0.1, 0.15) is 12.0 Å². The molecular weight excluding hydrogens is 274 g/mol. The molecule has 1 aromatic rings. The molecular formula is C11H14ClN3O2S. The van der Waals surface area contributed by atoms with Crippen LogP contribution in [0.3, 0.4) is 0 Å². The molecule has 2 heterocycles. The van der Waals surface area contributed by atoms with Crippen LogP contribution in [0, 0.1) is 10.1 Å². The molecule has 98 valence electrons. The third-order valence-corrected chi connectivity index (χ3v) is 4.79. The molecule has 0 bridgehead atoms. The van der Waals surface area contributed by atoms with Crippen LogP contribution < -0.4 is 5.32 Å². The Morgan fingerprint density at radius 3 is 3.06 bits per heavy atom. The monoisotopic (exact) mass is 287 g/mol. The topological polar surface area (TPSA) is 68.1 Å². The fourth-order valence-corrected chi connectivity index (χ4v) is 3.38. The van der Waals surface area contributed by atoms with E-state index in [1.54, 1.807) is 0 Å². The Bertz CT molecular complexity index is 464. The predicted molar refractivity (Wildman–Crippen MR) is 74.5 cm³/mol. The van der Waals surface area contributed by atoms with Crippen LogP contribution in [0.5, 0.6) is 0 Å². The van der Waals surface area contributed by atoms with Gasteiger partial charge >= 0.3 is 0 Å². The lowest BCUT2D eigenvalue weighted by Crippen LogP contribution is -2.27. The summed E-state index contributed by atoms with van der Waals surface area (Å²) in [5.41, 5.74) is -0.0907. The number of anilines is 1. The van der Waals surface area contributed by atoms with Gasteiger partial charge in [0.2, 0.25) is 0 Å². The molecule has 1 N–H and O–H groups in total. The SMILES string of the molecule is CC1(CNc2ncc([N+](=O)[O-])cc2Cl)CCCS1. The van der Waals surface area contributed by atoms with E-state index in [-0.39, 0.29) is 15.5 Å². The van der Waals surface area contributed by atoms with Gasteiger partial charge in [-0.15, -0.1) is 0 Å². The van der Waals surface area contributed by atoms with Crippen molar-refractivity contribution in [2.45, 2.75) is 24.5 Å². The summed E-state index contributed by atoms with van der Waals surface area (Å²) >= 11 is 7.90. The number of rotatable bonds is 4. The molecule has 1 atom stereocenters. The third kappa shape index (κ3) is 3.05. The highest BCUT2D eigenvalue weighted by atomic mass is 35.5. The molecule has 7 heteroatoms. The molecule has 1 aliphatic heterocycles. The van der Waals surface area contributed by atoms with Crippen molar-refractivity contribution in [3.05, 3.63) is 27.4 Å². The maximum atomic E-state index is 10.6. The summed E-state index contributed by atoms with van der Waals surface area (Å²) in [6.45, 7) is 2.97. The maximum Gasteiger partial charge on any atom is 0.289 e. The molecule has 2 rings (SSSR count). The van der Waals surface area contributed by atoms with Crippen molar-refractivity contribution in [2.24, 2.45) is 0 Å². The Hall–Kier alpha value is -1.01. The number of nitrogens with one attached hydrogen (secondary N) is 1. The Morgan fingerprint density at radius 2 is 2.50 bits per heavy atom. The van der Waals surface area contributed by atoms with E-state index < -0.39 is 4.92 Å². The average molecular weight is 288 g/mol. The van der Waals surface area contributed by atoms with Gasteiger partial charge in [0.05, 0.1) is 9.95 Å². The van der Waals surface area contributed by atoms with Crippen LogP contribution in [0.1, 0.15) is 19.8 Å². The fourth-order valence-electron chi connectivity index (χ4n) is 1.90. The first-order chi connectivity index (χ1) is 8.50. The quantitative estimate of drug-likeness (QED) is 0.679. The van der Waals surface area contributed by atoms with Crippen molar-refractivity contribution >= 4 is 34.9 Å². The molecule has 1 aliphatic rings. The Kier molecular flexibility index (Phi) is 3.97. The lowest BCUT2D eigenvalue weighted by Gasteiger charge is -2.23. The van der Waals surface area contributed by atoms with Gasteiger partial charge in [0.15, 0.2) is 0 Å². The number of hydrogen-bond acceptors (Lipinski definition) is 5. The van der Waals surface area contributed by atoms with Crippen molar-refractivity contribution in [2.75, 3.05) is 17.6 Å². The summed E-state index contributed by atoms with van der Waals surface area (Å²) in [5, 5.41) is 14.0. The minimum atomic E-state index is -0.503. The van der Waals surface area contributed by atoms with Crippen LogP contribution in [0.15, 0.2) is 12.3 Å². The Morgan fingerprint density at radius 1 is 1.72 bits per heavy atom. The van der Waals surface area contributed by atoms with Crippen molar-refractivity contribution < 1.29 is 4.92 Å². The van der Waals surface area contributed by atoms with Crippen molar-refractivity contribution in [1.82, 2.24) is 4.98 Å². The summed E-state index contributed by atoms with van der Waals surface area (Å²) in [6.07, 6.45) is 3.61. The van der Waals surface area contributed by atoms with Crippen LogP contribution >= 0.6 is 23.4 Å². The number of aromatic nitrogens is 1. The van der Waals surface area contributed by atoms with Crippen LogP contribution in [0.4, 0.5) is 11.5 Å². The molecule has 0 aromatic carbocycles. The third-order valence-electron chi connectivity index (χ3n) is 2.97. The second-order valence-corrected chi connectivity index (χ2v) is 6.63. The molecule has 0 spiro atoms. The first kappa shape index (κ1) is 13.4. The zero-order valence-electron chi connectivity index (χ0n) is 9.98. The molecule has 0 aliphatic carbocycles. The van der Waals surface area contributed by atoms with E-state index in [9.17, 15) is 10.1 Å². The van der Waals surface area contributed by atoms with E-state index in [1.165, 1.54) is 24.4 Å². The first-order valence-corrected chi connectivity index (χ1v) is 7.04. The minimum Gasteiger partial charge on any atom is -0.367 e. The average Bonchev–Trinajstić information content (AvgIpc) is 2.75. The highest BCUT2D eigenvalue weighted by molar-refractivity contribution is 8.00. The van der Waals surface area contributed by atoms with Gasteiger partial charge in [-0.3, -0.25) is 10.1 Å². The zero-order valence-corrected chi connectivity index (χ0v) is 11.6. The van der Waals surface area contributed by atoms with Gasteiger partial charge < -0.3 is 5.32 Å². The number of halogens is 1. The second-order valence-electron chi connectivity index (χ2n) is 4.54. The second kappa shape index (κ2) is 5.32. The summed E-state index contributed by atoms with van der Waals surface area (Å²) in [6, 6.07) is 1.32. The van der Waals surface area contributed by atoms with Gasteiger partial charge in [-0.25, -0.2) is 4.98 Å². The lowest BCUT2D eigenvalue weighted by molar-refractivity contribution is -0.385. The van der Waals surface area contributed by atoms with Gasteiger partial charge in [-0.1, -0.05) is 11.6 Å². The van der Waals surface area contributed by atoms with Crippen LogP contribution in [0.25, 0.3) is 0 Å². The molecule has 1 fully saturated rings. The number of thioether (sulfide) groups is 1. The molecule has 18 heavy (non-hydrogen) atoms. The standard InChI is InChI=1S/C11H14ClN3O2S/c1-11(3-2-4-18-11)7-14-10-9(12)5-8(6-13-10)15(16)17/h5-6H,2-4,7H2,1H3,(H,13,14). The smallest absolute Gasteiger partial charge is 0.289 e. The first-order valence-electron chi connectivity index (χ1n) is 5.68. The normalized spacial score (nSPS) is 23.0. The Labute approximate surface area is 114 Å². The van der Waals surface area contributed by atoms with Crippen molar-refractivity contribution in [3.8, 4) is 0 Å². The molecule has 0 radical (unpaired) electrons. The summed E-state index contributed by atoms with van der Waals surface area (Å²) in [4.78, 5) is 14.1. The molecule has 1 aromatic heterocycles. The number of nitrogens with zero attached hydrogens (tertiary/aromatic N) is 2. The Balaban J connectivity index is 2.03. The molecule has 0 amide bonds. The number of nitro groups is 1. The van der Waals surface area contributed by atoms with Gasteiger partial charge in [0.25, 0.3) is 5.69 Å². The fraction of sp³-hybridized carbons (Fsp3) is 0.545. The van der Waals surface area contributed by atoms with E-state index in [0.29, 0.717) is 5.82 Å². The van der Waals surface area contributed by atoms with E-state index in [1.807, 2.05) is 11.8 Å².